The Bertz CT molecular complexity index is 576. The number of hydrogen-bond acceptors (Lipinski definition) is 3. The molecule has 2 aliphatic rings. The Kier molecular flexibility index (Phi) is 3.71. The van der Waals surface area contributed by atoms with E-state index in [1.165, 1.54) is 0 Å². The van der Waals surface area contributed by atoms with E-state index < -0.39 is 0 Å². The third-order valence-electron chi connectivity index (χ3n) is 4.50. The van der Waals surface area contributed by atoms with Gasteiger partial charge in [-0.1, -0.05) is 39.0 Å². The topological polar surface area (TPSA) is 46.4 Å². The number of amides is 1. The quantitative estimate of drug-likeness (QED) is 0.623. The van der Waals surface area contributed by atoms with Crippen molar-refractivity contribution in [3.63, 3.8) is 0 Å². The van der Waals surface area contributed by atoms with Gasteiger partial charge in [0, 0.05) is 5.41 Å². The zero-order valence-corrected chi connectivity index (χ0v) is 13.4. The predicted octanol–water partition coefficient (Wildman–Crippen LogP) is 3.02. The summed E-state index contributed by atoms with van der Waals surface area (Å²) in [5.41, 5.74) is 0.185. The number of nitrogens with zero attached hydrogens (tertiary/aromatic N) is 1. The standard InChI is InChI=1S/C18H23NO3/c1-18(2,3)17(21)19-13-10-7-11-14(15(13)19)22-16(20)12-8-5-4-6-9-12/h4-6,8-9,13-15H,7,10-11H2,1-3H3/t13-,14-,15-,19?/m1/s1. The molecule has 4 nitrogen and oxygen atoms in total. The number of benzene rings is 1. The number of fused-ring (bicyclic) bond motifs is 1. The van der Waals surface area contributed by atoms with Gasteiger partial charge < -0.3 is 9.64 Å². The van der Waals surface area contributed by atoms with Crippen LogP contribution in [0.25, 0.3) is 0 Å². The monoisotopic (exact) mass is 301 g/mol. The van der Waals surface area contributed by atoms with E-state index in [1.54, 1.807) is 12.1 Å². The van der Waals surface area contributed by atoms with Crippen LogP contribution < -0.4 is 0 Å². The zero-order chi connectivity index (χ0) is 15.9. The fraction of sp³-hybridized carbons (Fsp3) is 0.556. The number of ether oxygens (including phenoxy) is 1. The van der Waals surface area contributed by atoms with Crippen LogP contribution in [0.15, 0.2) is 30.3 Å². The molecule has 22 heavy (non-hydrogen) atoms. The molecule has 0 aromatic heterocycles. The highest BCUT2D eigenvalue weighted by Crippen LogP contribution is 2.44. The summed E-state index contributed by atoms with van der Waals surface area (Å²) in [7, 11) is 0. The maximum Gasteiger partial charge on any atom is 0.338 e. The summed E-state index contributed by atoms with van der Waals surface area (Å²) >= 11 is 0. The van der Waals surface area contributed by atoms with Gasteiger partial charge in [0.2, 0.25) is 5.91 Å². The van der Waals surface area contributed by atoms with Crippen molar-refractivity contribution in [1.29, 1.82) is 0 Å². The van der Waals surface area contributed by atoms with E-state index in [2.05, 4.69) is 0 Å². The van der Waals surface area contributed by atoms with Crippen LogP contribution in [0.3, 0.4) is 0 Å². The molecule has 3 atom stereocenters. The maximum atomic E-state index is 12.5. The molecular weight excluding hydrogens is 278 g/mol. The van der Waals surface area contributed by atoms with Gasteiger partial charge in [-0.15, -0.1) is 0 Å². The molecule has 0 unspecified atom stereocenters. The number of hydrogen-bond donors (Lipinski definition) is 0. The van der Waals surface area contributed by atoms with Crippen LogP contribution in [0.4, 0.5) is 0 Å². The smallest absolute Gasteiger partial charge is 0.338 e. The number of carbonyl (C=O) groups is 2. The third kappa shape index (κ3) is 2.74. The van der Waals surface area contributed by atoms with Crippen molar-refractivity contribution in [3.8, 4) is 0 Å². The zero-order valence-electron chi connectivity index (χ0n) is 13.4. The number of carbonyl (C=O) groups excluding carboxylic acids is 2. The molecule has 0 N–H and O–H groups in total. The number of esters is 1. The highest BCUT2D eigenvalue weighted by Gasteiger charge is 2.59. The summed E-state index contributed by atoms with van der Waals surface area (Å²) in [6.07, 6.45) is 2.69. The summed E-state index contributed by atoms with van der Waals surface area (Å²) in [6.45, 7) is 5.81. The van der Waals surface area contributed by atoms with Gasteiger partial charge in [-0.3, -0.25) is 4.79 Å². The molecule has 1 aromatic rings. The lowest BCUT2D eigenvalue weighted by Crippen LogP contribution is -2.33. The highest BCUT2D eigenvalue weighted by atomic mass is 16.5. The Hall–Kier alpha value is -1.84. The first kappa shape index (κ1) is 15.1. The van der Waals surface area contributed by atoms with E-state index >= 15 is 0 Å². The average molecular weight is 301 g/mol. The molecule has 4 heteroatoms. The summed E-state index contributed by atoms with van der Waals surface area (Å²) in [4.78, 5) is 26.6. The molecule has 0 bridgehead atoms. The molecule has 1 aliphatic carbocycles. The van der Waals surface area contributed by atoms with Crippen LogP contribution in [0, 0.1) is 5.41 Å². The van der Waals surface area contributed by atoms with Gasteiger partial charge >= 0.3 is 5.97 Å². The van der Waals surface area contributed by atoms with E-state index in [0.29, 0.717) is 5.56 Å². The van der Waals surface area contributed by atoms with Gasteiger partial charge in [-0.2, -0.15) is 0 Å². The van der Waals surface area contributed by atoms with Crippen LogP contribution >= 0.6 is 0 Å². The lowest BCUT2D eigenvalue weighted by molar-refractivity contribution is -0.135. The SMILES string of the molecule is CC(C)(C)C(=O)N1[C@@H]2[C@H]1CCC[C@H]2OC(=O)c1ccccc1. The minimum atomic E-state index is -0.384. The Morgan fingerprint density at radius 3 is 2.45 bits per heavy atom. The summed E-state index contributed by atoms with van der Waals surface area (Å²) in [6, 6.07) is 9.38. The van der Waals surface area contributed by atoms with Gasteiger partial charge in [0.05, 0.1) is 17.6 Å². The second-order valence-electron chi connectivity index (χ2n) is 7.26. The molecule has 1 aliphatic heterocycles. The van der Waals surface area contributed by atoms with Crippen molar-refractivity contribution in [2.24, 2.45) is 5.41 Å². The van der Waals surface area contributed by atoms with Crippen molar-refractivity contribution in [1.82, 2.24) is 4.90 Å². The maximum absolute atomic E-state index is 12.5. The Balaban J connectivity index is 1.68. The van der Waals surface area contributed by atoms with Crippen molar-refractivity contribution in [3.05, 3.63) is 35.9 Å². The minimum Gasteiger partial charge on any atom is -0.456 e. The van der Waals surface area contributed by atoms with E-state index in [9.17, 15) is 9.59 Å². The summed E-state index contributed by atoms with van der Waals surface area (Å²) in [5.74, 6) is -0.133. The van der Waals surface area contributed by atoms with Gasteiger partial charge in [0.15, 0.2) is 0 Å². The summed E-state index contributed by atoms with van der Waals surface area (Å²) < 4.78 is 5.69. The van der Waals surface area contributed by atoms with Gasteiger partial charge in [0.25, 0.3) is 0 Å². The molecule has 2 fully saturated rings. The van der Waals surface area contributed by atoms with Gasteiger partial charge in [-0.25, -0.2) is 4.79 Å². The molecule has 0 spiro atoms. The third-order valence-corrected chi connectivity index (χ3v) is 4.50. The first-order chi connectivity index (χ1) is 10.4. The van der Waals surface area contributed by atoms with Crippen LogP contribution in [0.1, 0.15) is 50.4 Å². The number of likely N-dealkylation sites (tertiary alicyclic amines) is 1. The van der Waals surface area contributed by atoms with Crippen LogP contribution in [-0.4, -0.2) is 35.0 Å². The minimum absolute atomic E-state index is 0.0770. The van der Waals surface area contributed by atoms with Crippen LogP contribution in [-0.2, 0) is 9.53 Å². The normalized spacial score (nSPS) is 27.0. The molecule has 0 radical (unpaired) electrons. The first-order valence-electron chi connectivity index (χ1n) is 7.98. The van der Waals surface area contributed by atoms with Gasteiger partial charge in [0.1, 0.15) is 6.10 Å². The molecule has 118 valence electrons. The van der Waals surface area contributed by atoms with Crippen molar-refractivity contribution in [2.75, 3.05) is 0 Å². The second kappa shape index (κ2) is 5.41. The van der Waals surface area contributed by atoms with E-state index in [0.717, 1.165) is 19.3 Å². The molecule has 1 heterocycles. The largest absolute Gasteiger partial charge is 0.456 e. The van der Waals surface area contributed by atoms with E-state index in [4.69, 9.17) is 4.74 Å². The lowest BCUT2D eigenvalue weighted by atomic mass is 9.95. The van der Waals surface area contributed by atoms with Gasteiger partial charge in [-0.05, 0) is 31.4 Å². The second-order valence-corrected chi connectivity index (χ2v) is 7.26. The van der Waals surface area contributed by atoms with Crippen LogP contribution in [0.2, 0.25) is 0 Å². The highest BCUT2D eigenvalue weighted by molar-refractivity contribution is 5.89. The molecule has 1 saturated heterocycles. The molecule has 1 aromatic carbocycles. The predicted molar refractivity (Wildman–Crippen MR) is 83.4 cm³/mol. The van der Waals surface area contributed by atoms with E-state index in [-0.39, 0.29) is 35.5 Å². The Morgan fingerprint density at radius 1 is 1.14 bits per heavy atom. The van der Waals surface area contributed by atoms with Crippen molar-refractivity contribution in [2.45, 2.75) is 58.2 Å². The average Bonchev–Trinajstić information content (AvgIpc) is 3.21. The Morgan fingerprint density at radius 2 is 1.82 bits per heavy atom. The van der Waals surface area contributed by atoms with E-state index in [1.807, 2.05) is 43.9 Å². The molecule has 3 rings (SSSR count). The summed E-state index contributed by atoms with van der Waals surface area (Å²) in [5, 5.41) is 0. The number of rotatable bonds is 2. The Labute approximate surface area is 131 Å². The molecule has 1 amide bonds. The molecule has 1 saturated carbocycles. The fourth-order valence-electron chi connectivity index (χ4n) is 3.32. The van der Waals surface area contributed by atoms with Crippen molar-refractivity contribution >= 4 is 11.9 Å². The van der Waals surface area contributed by atoms with Crippen molar-refractivity contribution < 1.29 is 14.3 Å². The fourth-order valence-corrected chi connectivity index (χ4v) is 3.32. The first-order valence-corrected chi connectivity index (χ1v) is 7.98. The van der Waals surface area contributed by atoms with Crippen LogP contribution in [0.5, 0.6) is 0 Å². The lowest BCUT2D eigenvalue weighted by Gasteiger charge is -2.21. The molecular formula is C18H23NO3.